The van der Waals surface area contributed by atoms with E-state index < -0.39 is 16.7 Å². The van der Waals surface area contributed by atoms with Crippen molar-refractivity contribution in [3.63, 3.8) is 0 Å². The molecule has 0 bridgehead atoms. The number of nitro benzene ring substituents is 1. The Morgan fingerprint density at radius 2 is 1.55 bits per heavy atom. The van der Waals surface area contributed by atoms with Crippen molar-refractivity contribution in [2.45, 2.75) is 13.8 Å². The largest absolute Gasteiger partial charge is 0.372 e. The molecule has 2 N–H and O–H groups in total. The number of non-ortho nitro benzene ring substituents is 1. The maximum absolute atomic E-state index is 12.9. The van der Waals surface area contributed by atoms with Gasteiger partial charge in [-0.05, 0) is 56.3 Å². The van der Waals surface area contributed by atoms with E-state index in [9.17, 15) is 19.7 Å². The van der Waals surface area contributed by atoms with Crippen molar-refractivity contribution in [1.82, 2.24) is 0 Å². The van der Waals surface area contributed by atoms with E-state index in [0.717, 1.165) is 24.8 Å². The number of halogens is 1. The number of hydrogen-bond acceptors (Lipinski definition) is 5. The molecule has 0 heterocycles. The van der Waals surface area contributed by atoms with Crippen LogP contribution in [0.1, 0.15) is 34.6 Å². The van der Waals surface area contributed by atoms with E-state index in [1.807, 2.05) is 24.3 Å². The number of rotatable bonds is 8. The van der Waals surface area contributed by atoms with Gasteiger partial charge in [0.1, 0.15) is 0 Å². The number of para-hydroxylation sites is 1. The minimum atomic E-state index is -0.595. The molecule has 0 radical (unpaired) electrons. The Balaban J connectivity index is 1.77. The van der Waals surface area contributed by atoms with Crippen LogP contribution < -0.4 is 15.5 Å². The SMILES string of the molecule is CCN(CC)c1ccc(NC(=O)c2ccccc2NC(=O)c2ccc([N+](=O)[O-])cc2Cl)cc1. The number of nitrogens with one attached hydrogen (secondary N) is 2. The number of carbonyl (C=O) groups excluding carboxylic acids is 2. The summed E-state index contributed by atoms with van der Waals surface area (Å²) in [4.78, 5) is 38.1. The highest BCUT2D eigenvalue weighted by Crippen LogP contribution is 2.25. The van der Waals surface area contributed by atoms with E-state index in [0.29, 0.717) is 5.69 Å². The van der Waals surface area contributed by atoms with Crippen molar-refractivity contribution in [3.05, 3.63) is 93.0 Å². The molecule has 0 saturated carbocycles. The van der Waals surface area contributed by atoms with Crippen LogP contribution in [-0.2, 0) is 0 Å². The number of benzene rings is 3. The highest BCUT2D eigenvalue weighted by atomic mass is 35.5. The summed E-state index contributed by atoms with van der Waals surface area (Å²) in [6.07, 6.45) is 0. The summed E-state index contributed by atoms with van der Waals surface area (Å²) >= 11 is 6.05. The van der Waals surface area contributed by atoms with Gasteiger partial charge in [-0.3, -0.25) is 19.7 Å². The summed E-state index contributed by atoms with van der Waals surface area (Å²) in [5, 5.41) is 16.3. The van der Waals surface area contributed by atoms with Gasteiger partial charge in [0.05, 0.1) is 26.8 Å². The molecule has 0 unspecified atom stereocenters. The zero-order valence-corrected chi connectivity index (χ0v) is 18.9. The lowest BCUT2D eigenvalue weighted by molar-refractivity contribution is -0.384. The average Bonchev–Trinajstić information content (AvgIpc) is 2.81. The van der Waals surface area contributed by atoms with E-state index in [-0.39, 0.29) is 27.5 Å². The third-order valence-electron chi connectivity index (χ3n) is 5.08. The van der Waals surface area contributed by atoms with Gasteiger partial charge in [0, 0.05) is 36.6 Å². The second kappa shape index (κ2) is 10.6. The summed E-state index contributed by atoms with van der Waals surface area (Å²) < 4.78 is 0. The van der Waals surface area contributed by atoms with E-state index in [2.05, 4.69) is 29.4 Å². The quantitative estimate of drug-likeness (QED) is 0.332. The highest BCUT2D eigenvalue weighted by Gasteiger charge is 2.18. The Hall–Kier alpha value is -3.91. The summed E-state index contributed by atoms with van der Waals surface area (Å²) in [5.74, 6) is -0.977. The van der Waals surface area contributed by atoms with Crippen LogP contribution in [0.3, 0.4) is 0 Å². The van der Waals surface area contributed by atoms with Gasteiger partial charge in [-0.1, -0.05) is 23.7 Å². The maximum Gasteiger partial charge on any atom is 0.270 e. The van der Waals surface area contributed by atoms with Crippen LogP contribution in [0.4, 0.5) is 22.7 Å². The number of nitrogens with zero attached hydrogens (tertiary/aromatic N) is 2. The zero-order valence-electron chi connectivity index (χ0n) is 18.2. The van der Waals surface area contributed by atoms with E-state index in [1.165, 1.54) is 12.1 Å². The molecule has 0 aliphatic rings. The molecule has 8 nitrogen and oxygen atoms in total. The molecule has 0 saturated heterocycles. The Bertz CT molecular complexity index is 1180. The predicted molar refractivity (Wildman–Crippen MR) is 130 cm³/mol. The molecule has 0 fully saturated rings. The van der Waals surface area contributed by atoms with Crippen molar-refractivity contribution in [2.24, 2.45) is 0 Å². The zero-order chi connectivity index (χ0) is 24.0. The minimum Gasteiger partial charge on any atom is -0.372 e. The van der Waals surface area contributed by atoms with Crippen LogP contribution >= 0.6 is 11.6 Å². The van der Waals surface area contributed by atoms with Gasteiger partial charge >= 0.3 is 0 Å². The van der Waals surface area contributed by atoms with Crippen molar-refractivity contribution in [3.8, 4) is 0 Å². The van der Waals surface area contributed by atoms with Gasteiger partial charge in [0.15, 0.2) is 0 Å². The topological polar surface area (TPSA) is 105 Å². The first-order valence-corrected chi connectivity index (χ1v) is 10.7. The molecule has 0 aliphatic carbocycles. The molecule has 0 atom stereocenters. The van der Waals surface area contributed by atoms with Crippen LogP contribution in [0, 0.1) is 10.1 Å². The Morgan fingerprint density at radius 1 is 0.909 bits per heavy atom. The van der Waals surface area contributed by atoms with Gasteiger partial charge in [-0.25, -0.2) is 0 Å². The van der Waals surface area contributed by atoms with Crippen molar-refractivity contribution in [2.75, 3.05) is 28.6 Å². The van der Waals surface area contributed by atoms with Crippen LogP contribution in [0.2, 0.25) is 5.02 Å². The van der Waals surface area contributed by atoms with E-state index in [4.69, 9.17) is 11.6 Å². The van der Waals surface area contributed by atoms with Crippen molar-refractivity contribution in [1.29, 1.82) is 0 Å². The maximum atomic E-state index is 12.9. The van der Waals surface area contributed by atoms with E-state index in [1.54, 1.807) is 24.3 Å². The molecule has 2 amide bonds. The highest BCUT2D eigenvalue weighted by molar-refractivity contribution is 6.34. The average molecular weight is 467 g/mol. The molecule has 3 aromatic carbocycles. The number of hydrogen-bond donors (Lipinski definition) is 2. The monoisotopic (exact) mass is 466 g/mol. The molecule has 3 aromatic rings. The van der Waals surface area contributed by atoms with Crippen LogP contribution in [0.25, 0.3) is 0 Å². The van der Waals surface area contributed by atoms with Gasteiger partial charge < -0.3 is 15.5 Å². The van der Waals surface area contributed by atoms with Crippen LogP contribution in [0.15, 0.2) is 66.7 Å². The van der Waals surface area contributed by atoms with E-state index >= 15 is 0 Å². The smallest absolute Gasteiger partial charge is 0.270 e. The Kier molecular flexibility index (Phi) is 7.63. The molecule has 0 aliphatic heterocycles. The van der Waals surface area contributed by atoms with Gasteiger partial charge in [-0.15, -0.1) is 0 Å². The molecule has 170 valence electrons. The summed E-state index contributed by atoms with van der Waals surface area (Å²) in [7, 11) is 0. The second-order valence-electron chi connectivity index (χ2n) is 7.09. The summed E-state index contributed by atoms with van der Waals surface area (Å²) in [6.45, 7) is 5.92. The van der Waals surface area contributed by atoms with Crippen molar-refractivity contribution >= 4 is 46.2 Å². The standard InChI is InChI=1S/C24H23ClN4O4/c1-3-28(4-2)17-11-9-16(10-12-17)26-24(31)20-7-5-6-8-22(20)27-23(30)19-14-13-18(29(32)33)15-21(19)25/h5-15H,3-4H2,1-2H3,(H,26,31)(H,27,30). The van der Waals surface area contributed by atoms with Gasteiger partial charge in [-0.2, -0.15) is 0 Å². The van der Waals surface area contributed by atoms with Gasteiger partial charge in [0.25, 0.3) is 17.5 Å². The lowest BCUT2D eigenvalue weighted by atomic mass is 10.1. The molecule has 33 heavy (non-hydrogen) atoms. The number of carbonyl (C=O) groups is 2. The van der Waals surface area contributed by atoms with Gasteiger partial charge in [0.2, 0.25) is 0 Å². The number of nitro groups is 1. The molecule has 9 heteroatoms. The first-order valence-electron chi connectivity index (χ1n) is 10.3. The third-order valence-corrected chi connectivity index (χ3v) is 5.39. The van der Waals surface area contributed by atoms with Crippen LogP contribution in [-0.4, -0.2) is 29.8 Å². The molecule has 3 rings (SSSR count). The normalized spacial score (nSPS) is 10.4. The number of anilines is 3. The third kappa shape index (κ3) is 5.67. The Labute approximate surface area is 196 Å². The molecular formula is C24H23ClN4O4. The number of amides is 2. The predicted octanol–water partition coefficient (Wildman–Crippen LogP) is 5.60. The first-order chi connectivity index (χ1) is 15.8. The lowest BCUT2D eigenvalue weighted by Crippen LogP contribution is -2.21. The fourth-order valence-electron chi connectivity index (χ4n) is 3.32. The Morgan fingerprint density at radius 3 is 2.15 bits per heavy atom. The summed E-state index contributed by atoms with van der Waals surface area (Å²) in [5.41, 5.74) is 2.07. The summed E-state index contributed by atoms with van der Waals surface area (Å²) in [6, 6.07) is 17.7. The molecular weight excluding hydrogens is 444 g/mol. The first kappa shape index (κ1) is 23.7. The minimum absolute atomic E-state index is 0.0584. The molecule has 0 aromatic heterocycles. The molecule has 0 spiro atoms. The van der Waals surface area contributed by atoms with Crippen molar-refractivity contribution < 1.29 is 14.5 Å². The lowest BCUT2D eigenvalue weighted by Gasteiger charge is -2.21. The second-order valence-corrected chi connectivity index (χ2v) is 7.50. The fourth-order valence-corrected chi connectivity index (χ4v) is 3.58. The van der Waals surface area contributed by atoms with Crippen LogP contribution in [0.5, 0.6) is 0 Å². The fraction of sp³-hybridized carbons (Fsp3) is 0.167.